The minimum atomic E-state index is -3.93. The standard InChI is InChI=1S/C26H30ClFN4O3S/c27-19-7-12-23-24(13-16-30-25(23)17-19)29-14-4-15-31-26(33)18-32(21-5-2-1-3-6-21)36(34,35)22-10-8-20(28)9-11-22/h7-13,16-17,21H,1-6,14-15,18H2,(H,29,30)(H,31,33). The SMILES string of the molecule is O=C(CN(C1CCCCC1)S(=O)(=O)c1ccc(F)cc1)NCCCNc1ccnc2cc(Cl)ccc12. The number of nitrogens with one attached hydrogen (secondary N) is 2. The molecule has 2 N–H and O–H groups in total. The maximum atomic E-state index is 13.4. The molecule has 3 aromatic rings. The number of carbonyl (C=O) groups is 1. The van der Waals surface area contributed by atoms with Crippen molar-refractivity contribution < 1.29 is 17.6 Å². The lowest BCUT2D eigenvalue weighted by atomic mass is 9.95. The molecule has 1 amide bonds. The van der Waals surface area contributed by atoms with Gasteiger partial charge in [-0.15, -0.1) is 0 Å². The van der Waals surface area contributed by atoms with Gasteiger partial charge in [0.25, 0.3) is 0 Å². The number of nitrogens with zero attached hydrogens (tertiary/aromatic N) is 2. The first-order valence-corrected chi connectivity index (χ1v) is 14.0. The summed E-state index contributed by atoms with van der Waals surface area (Å²) in [6.07, 6.45) is 6.68. The van der Waals surface area contributed by atoms with Gasteiger partial charge >= 0.3 is 0 Å². The van der Waals surface area contributed by atoms with E-state index in [1.165, 1.54) is 16.4 Å². The van der Waals surface area contributed by atoms with Gasteiger partial charge in [0.1, 0.15) is 5.82 Å². The Balaban J connectivity index is 1.33. The van der Waals surface area contributed by atoms with Crippen molar-refractivity contribution in [2.75, 3.05) is 25.0 Å². The Morgan fingerprint density at radius 2 is 1.81 bits per heavy atom. The second-order valence-corrected chi connectivity index (χ2v) is 11.3. The van der Waals surface area contributed by atoms with Gasteiger partial charge in [0.05, 0.1) is 17.0 Å². The Kier molecular flexibility index (Phi) is 8.77. The molecule has 0 bridgehead atoms. The molecule has 0 saturated heterocycles. The molecule has 7 nitrogen and oxygen atoms in total. The van der Waals surface area contributed by atoms with Gasteiger partial charge in [-0.05, 0) is 67.8 Å². The van der Waals surface area contributed by atoms with Crippen molar-refractivity contribution in [3.05, 3.63) is 65.6 Å². The van der Waals surface area contributed by atoms with Crippen LogP contribution in [0, 0.1) is 5.82 Å². The first kappa shape index (κ1) is 26.3. The lowest BCUT2D eigenvalue weighted by Gasteiger charge is -2.33. The average Bonchev–Trinajstić information content (AvgIpc) is 2.87. The van der Waals surface area contributed by atoms with Crippen LogP contribution in [0.3, 0.4) is 0 Å². The van der Waals surface area contributed by atoms with Crippen molar-refractivity contribution in [3.63, 3.8) is 0 Å². The third-order valence-electron chi connectivity index (χ3n) is 6.40. The van der Waals surface area contributed by atoms with Gasteiger partial charge in [0.2, 0.25) is 15.9 Å². The molecule has 1 fully saturated rings. The zero-order chi connectivity index (χ0) is 25.5. The number of sulfonamides is 1. The fourth-order valence-electron chi connectivity index (χ4n) is 4.53. The number of hydrogen-bond donors (Lipinski definition) is 2. The van der Waals surface area contributed by atoms with E-state index in [-0.39, 0.29) is 23.4 Å². The summed E-state index contributed by atoms with van der Waals surface area (Å²) in [6.45, 7) is 0.756. The zero-order valence-electron chi connectivity index (χ0n) is 19.9. The van der Waals surface area contributed by atoms with Gasteiger partial charge in [-0.3, -0.25) is 9.78 Å². The van der Waals surface area contributed by atoms with Gasteiger partial charge < -0.3 is 10.6 Å². The van der Waals surface area contributed by atoms with E-state index in [0.29, 0.717) is 37.4 Å². The largest absolute Gasteiger partial charge is 0.384 e. The van der Waals surface area contributed by atoms with Crippen molar-refractivity contribution in [2.45, 2.75) is 49.5 Å². The van der Waals surface area contributed by atoms with E-state index in [1.54, 1.807) is 12.3 Å². The smallest absolute Gasteiger partial charge is 0.243 e. The summed E-state index contributed by atoms with van der Waals surface area (Å²) in [5.41, 5.74) is 1.72. The Morgan fingerprint density at radius 1 is 1.06 bits per heavy atom. The van der Waals surface area contributed by atoms with Crippen molar-refractivity contribution in [2.24, 2.45) is 0 Å². The van der Waals surface area contributed by atoms with Gasteiger partial charge in [0, 0.05) is 41.4 Å². The third kappa shape index (κ3) is 6.52. The van der Waals surface area contributed by atoms with Crippen LogP contribution in [0.5, 0.6) is 0 Å². The number of anilines is 1. The van der Waals surface area contributed by atoms with Gasteiger partial charge in [-0.1, -0.05) is 30.9 Å². The molecule has 2 aromatic carbocycles. The molecular weight excluding hydrogens is 503 g/mol. The summed E-state index contributed by atoms with van der Waals surface area (Å²) in [6, 6.07) is 11.9. The number of pyridine rings is 1. The fraction of sp³-hybridized carbons (Fsp3) is 0.385. The summed E-state index contributed by atoms with van der Waals surface area (Å²) in [4.78, 5) is 17.1. The molecule has 1 aromatic heterocycles. The number of benzene rings is 2. The molecule has 4 rings (SSSR count). The van der Waals surface area contributed by atoms with Crippen LogP contribution in [0.1, 0.15) is 38.5 Å². The highest BCUT2D eigenvalue weighted by atomic mass is 35.5. The second-order valence-electron chi connectivity index (χ2n) is 8.95. The predicted molar refractivity (Wildman–Crippen MR) is 140 cm³/mol. The average molecular weight is 533 g/mol. The molecule has 36 heavy (non-hydrogen) atoms. The van der Waals surface area contributed by atoms with E-state index in [4.69, 9.17) is 11.6 Å². The van der Waals surface area contributed by atoms with Crippen LogP contribution < -0.4 is 10.6 Å². The molecule has 1 aliphatic rings. The van der Waals surface area contributed by atoms with Crippen LogP contribution in [0.25, 0.3) is 10.9 Å². The summed E-state index contributed by atoms with van der Waals surface area (Å²) in [5, 5.41) is 7.78. The second kappa shape index (κ2) is 12.0. The summed E-state index contributed by atoms with van der Waals surface area (Å²) < 4.78 is 41.3. The maximum absolute atomic E-state index is 13.4. The van der Waals surface area contributed by atoms with Gasteiger partial charge in [-0.25, -0.2) is 12.8 Å². The minimum absolute atomic E-state index is 0.00246. The molecule has 192 valence electrons. The summed E-state index contributed by atoms with van der Waals surface area (Å²) in [5.74, 6) is -0.858. The molecule has 1 heterocycles. The minimum Gasteiger partial charge on any atom is -0.384 e. The highest BCUT2D eigenvalue weighted by Gasteiger charge is 2.33. The van der Waals surface area contributed by atoms with Crippen LogP contribution >= 0.6 is 11.6 Å². The maximum Gasteiger partial charge on any atom is 0.243 e. The van der Waals surface area contributed by atoms with Crippen molar-refractivity contribution in [3.8, 4) is 0 Å². The topological polar surface area (TPSA) is 91.4 Å². The van der Waals surface area contributed by atoms with Crippen LogP contribution in [-0.2, 0) is 14.8 Å². The summed E-state index contributed by atoms with van der Waals surface area (Å²) >= 11 is 6.04. The van der Waals surface area contributed by atoms with Gasteiger partial charge in [-0.2, -0.15) is 4.31 Å². The lowest BCUT2D eigenvalue weighted by Crippen LogP contribution is -2.47. The quantitative estimate of drug-likeness (QED) is 0.360. The highest BCUT2D eigenvalue weighted by Crippen LogP contribution is 2.28. The molecule has 0 unspecified atom stereocenters. The van der Waals surface area contributed by atoms with Gasteiger partial charge in [0.15, 0.2) is 0 Å². The fourth-order valence-corrected chi connectivity index (χ4v) is 6.34. The van der Waals surface area contributed by atoms with E-state index in [9.17, 15) is 17.6 Å². The number of rotatable bonds is 10. The molecule has 1 aliphatic carbocycles. The Morgan fingerprint density at radius 3 is 2.56 bits per heavy atom. The van der Waals surface area contributed by atoms with Crippen molar-refractivity contribution >= 4 is 44.1 Å². The normalized spacial score (nSPS) is 14.8. The molecule has 10 heteroatoms. The Labute approximate surface area is 216 Å². The highest BCUT2D eigenvalue weighted by molar-refractivity contribution is 7.89. The number of amides is 1. The predicted octanol–water partition coefficient (Wildman–Crippen LogP) is 4.97. The van der Waals surface area contributed by atoms with E-state index in [1.807, 2.05) is 18.2 Å². The van der Waals surface area contributed by atoms with Crippen LogP contribution in [0.2, 0.25) is 5.02 Å². The van der Waals surface area contributed by atoms with Crippen LogP contribution in [0.15, 0.2) is 59.6 Å². The molecule has 0 atom stereocenters. The van der Waals surface area contributed by atoms with Crippen LogP contribution in [-0.4, -0.2) is 49.3 Å². The Bertz CT molecular complexity index is 1300. The third-order valence-corrected chi connectivity index (χ3v) is 8.55. The molecule has 0 spiro atoms. The monoisotopic (exact) mass is 532 g/mol. The number of fused-ring (bicyclic) bond motifs is 1. The first-order chi connectivity index (χ1) is 17.3. The number of halogens is 2. The zero-order valence-corrected chi connectivity index (χ0v) is 21.5. The van der Waals surface area contributed by atoms with E-state index in [2.05, 4.69) is 15.6 Å². The molecule has 1 saturated carbocycles. The molecular formula is C26H30ClFN4O3S. The van der Waals surface area contributed by atoms with Crippen molar-refractivity contribution in [1.29, 1.82) is 0 Å². The van der Waals surface area contributed by atoms with E-state index >= 15 is 0 Å². The first-order valence-electron chi connectivity index (χ1n) is 12.2. The van der Waals surface area contributed by atoms with E-state index in [0.717, 1.165) is 48.0 Å². The molecule has 0 radical (unpaired) electrons. The Hall–Kier alpha value is -2.75. The molecule has 0 aliphatic heterocycles. The summed E-state index contributed by atoms with van der Waals surface area (Å²) in [7, 11) is -3.93. The van der Waals surface area contributed by atoms with Crippen LogP contribution in [0.4, 0.5) is 10.1 Å². The number of carbonyl (C=O) groups excluding carboxylic acids is 1. The lowest BCUT2D eigenvalue weighted by molar-refractivity contribution is -0.121. The van der Waals surface area contributed by atoms with Crippen molar-refractivity contribution in [1.82, 2.24) is 14.6 Å². The number of hydrogen-bond acceptors (Lipinski definition) is 5. The number of aromatic nitrogens is 1. The van der Waals surface area contributed by atoms with E-state index < -0.39 is 15.8 Å².